The zero-order valence-corrected chi connectivity index (χ0v) is 8.32. The molecule has 6 nitrogen and oxygen atoms in total. The standard InChI is InChI=1S/C7H10N4O2S/c1-5(6-3-2-4-14-6)9-7(8)10-11(12)13/h2-5H,1H3,(H3,8,9,10). The summed E-state index contributed by atoms with van der Waals surface area (Å²) in [5, 5.41) is 11.2. The van der Waals surface area contributed by atoms with Crippen molar-refractivity contribution in [3.05, 3.63) is 32.5 Å². The molecule has 0 fully saturated rings. The highest BCUT2D eigenvalue weighted by atomic mass is 32.1. The summed E-state index contributed by atoms with van der Waals surface area (Å²) in [7, 11) is 0. The minimum Gasteiger partial charge on any atom is -0.365 e. The molecule has 1 heterocycles. The van der Waals surface area contributed by atoms with E-state index in [1.54, 1.807) is 5.43 Å². The maximum atomic E-state index is 10.0. The minimum absolute atomic E-state index is 0.164. The van der Waals surface area contributed by atoms with Gasteiger partial charge in [0.25, 0.3) is 5.96 Å². The smallest absolute Gasteiger partial charge is 0.252 e. The summed E-state index contributed by atoms with van der Waals surface area (Å²) in [5.74, 6) is -0.184. The first kappa shape index (κ1) is 10.5. The van der Waals surface area contributed by atoms with Crippen LogP contribution in [0.1, 0.15) is 17.8 Å². The Morgan fingerprint density at radius 1 is 1.86 bits per heavy atom. The molecule has 1 atom stereocenters. The van der Waals surface area contributed by atoms with Crippen LogP contribution in [0.5, 0.6) is 0 Å². The normalized spacial score (nSPS) is 13.6. The van der Waals surface area contributed by atoms with Gasteiger partial charge in [-0.05, 0) is 18.4 Å². The lowest BCUT2D eigenvalue weighted by Crippen LogP contribution is -2.36. The van der Waals surface area contributed by atoms with E-state index < -0.39 is 5.03 Å². The molecule has 0 amide bonds. The summed E-state index contributed by atoms with van der Waals surface area (Å²) in [4.78, 5) is 14.9. The molecule has 3 N–H and O–H groups in total. The molecule has 0 saturated carbocycles. The number of guanidine groups is 1. The van der Waals surface area contributed by atoms with Crippen LogP contribution in [-0.2, 0) is 0 Å². The second kappa shape index (κ2) is 4.56. The summed E-state index contributed by atoms with van der Waals surface area (Å²) in [6.07, 6.45) is 0. The number of hydrogen-bond donors (Lipinski definition) is 2. The van der Waals surface area contributed by atoms with Crippen molar-refractivity contribution in [3.8, 4) is 0 Å². The second-order valence-corrected chi connectivity index (χ2v) is 3.55. The highest BCUT2D eigenvalue weighted by Crippen LogP contribution is 2.21. The van der Waals surface area contributed by atoms with Gasteiger partial charge in [-0.1, -0.05) is 11.5 Å². The van der Waals surface area contributed by atoms with Gasteiger partial charge in [0, 0.05) is 4.88 Å². The Labute approximate surface area is 84.6 Å². The molecule has 0 radical (unpaired) electrons. The van der Waals surface area contributed by atoms with E-state index in [1.165, 1.54) is 11.3 Å². The highest BCUT2D eigenvalue weighted by molar-refractivity contribution is 7.10. The van der Waals surface area contributed by atoms with Crippen molar-refractivity contribution < 1.29 is 5.03 Å². The van der Waals surface area contributed by atoms with Crippen LogP contribution < -0.4 is 11.2 Å². The van der Waals surface area contributed by atoms with E-state index >= 15 is 0 Å². The Morgan fingerprint density at radius 3 is 3.07 bits per heavy atom. The van der Waals surface area contributed by atoms with Gasteiger partial charge in [-0.2, -0.15) is 0 Å². The molecule has 0 aliphatic rings. The van der Waals surface area contributed by atoms with Gasteiger partial charge in [0.1, 0.15) is 0 Å². The first-order valence-corrected chi connectivity index (χ1v) is 4.75. The van der Waals surface area contributed by atoms with E-state index in [1.807, 2.05) is 24.4 Å². The van der Waals surface area contributed by atoms with E-state index in [9.17, 15) is 10.1 Å². The van der Waals surface area contributed by atoms with Gasteiger partial charge in [-0.3, -0.25) is 0 Å². The molecule has 7 heteroatoms. The number of nitro groups is 1. The van der Waals surface area contributed by atoms with Crippen molar-refractivity contribution in [3.63, 3.8) is 0 Å². The molecule has 1 aromatic rings. The summed E-state index contributed by atoms with van der Waals surface area (Å²) in [5.41, 5.74) is 7.07. The molecule has 0 saturated heterocycles. The topological polar surface area (TPSA) is 93.5 Å². The van der Waals surface area contributed by atoms with Crippen molar-refractivity contribution in [2.24, 2.45) is 10.7 Å². The maximum absolute atomic E-state index is 10.0. The van der Waals surface area contributed by atoms with Gasteiger partial charge in [0.05, 0.1) is 6.04 Å². The van der Waals surface area contributed by atoms with E-state index in [0.717, 1.165) is 4.88 Å². The van der Waals surface area contributed by atoms with Crippen molar-refractivity contribution in [2.45, 2.75) is 13.0 Å². The molecule has 1 unspecified atom stereocenters. The molecule has 1 aromatic heterocycles. The molecule has 0 aliphatic heterocycles. The third-order valence-electron chi connectivity index (χ3n) is 1.49. The van der Waals surface area contributed by atoms with Gasteiger partial charge in [0.2, 0.25) is 0 Å². The van der Waals surface area contributed by atoms with Crippen LogP contribution >= 0.6 is 11.3 Å². The van der Waals surface area contributed by atoms with E-state index in [0.29, 0.717) is 0 Å². The van der Waals surface area contributed by atoms with Crippen LogP contribution in [-0.4, -0.2) is 11.0 Å². The molecular formula is C7H10N4O2S. The highest BCUT2D eigenvalue weighted by Gasteiger charge is 2.06. The SMILES string of the molecule is CC(N=C(N)N[N+](=O)[O-])c1cccs1. The van der Waals surface area contributed by atoms with Crippen LogP contribution in [0, 0.1) is 10.1 Å². The fourth-order valence-corrected chi connectivity index (χ4v) is 1.64. The minimum atomic E-state index is -0.736. The van der Waals surface area contributed by atoms with E-state index in [2.05, 4.69) is 4.99 Å². The lowest BCUT2D eigenvalue weighted by atomic mass is 10.3. The van der Waals surface area contributed by atoms with Crippen LogP contribution in [0.3, 0.4) is 0 Å². The van der Waals surface area contributed by atoms with Crippen molar-refractivity contribution in [1.29, 1.82) is 0 Å². The number of thiophene rings is 1. The summed E-state index contributed by atoms with van der Waals surface area (Å²) < 4.78 is 0. The van der Waals surface area contributed by atoms with Gasteiger partial charge in [0.15, 0.2) is 5.03 Å². The molecule has 0 aliphatic carbocycles. The summed E-state index contributed by atoms with van der Waals surface area (Å²) in [6, 6.07) is 3.63. The fourth-order valence-electron chi connectivity index (χ4n) is 0.924. The van der Waals surface area contributed by atoms with Crippen molar-refractivity contribution in [2.75, 3.05) is 0 Å². The Kier molecular flexibility index (Phi) is 3.41. The largest absolute Gasteiger partial charge is 0.365 e. The Balaban J connectivity index is 2.63. The lowest BCUT2D eigenvalue weighted by molar-refractivity contribution is -0.525. The van der Waals surface area contributed by atoms with E-state index in [4.69, 9.17) is 5.73 Å². The van der Waals surface area contributed by atoms with Gasteiger partial charge in [-0.25, -0.2) is 15.1 Å². The van der Waals surface area contributed by atoms with Crippen LogP contribution in [0.15, 0.2) is 22.5 Å². The number of rotatable bonds is 3. The zero-order chi connectivity index (χ0) is 10.6. The van der Waals surface area contributed by atoms with Crippen LogP contribution in [0.25, 0.3) is 0 Å². The Hall–Kier alpha value is -1.63. The van der Waals surface area contributed by atoms with Crippen molar-refractivity contribution >= 4 is 17.3 Å². The molecule has 0 bridgehead atoms. The molecule has 1 rings (SSSR count). The molecule has 0 spiro atoms. The summed E-state index contributed by atoms with van der Waals surface area (Å²) >= 11 is 1.53. The lowest BCUT2D eigenvalue weighted by Gasteiger charge is -2.03. The average Bonchev–Trinajstić information content (AvgIpc) is 2.53. The summed E-state index contributed by atoms with van der Waals surface area (Å²) in [6.45, 7) is 1.82. The predicted octanol–water partition coefficient (Wildman–Crippen LogP) is 0.905. The Bertz CT molecular complexity index is 335. The number of nitrogens with two attached hydrogens (primary N) is 1. The number of hydrazine groups is 1. The number of nitrogens with zero attached hydrogens (tertiary/aromatic N) is 2. The third kappa shape index (κ3) is 3.02. The number of hydrogen-bond acceptors (Lipinski definition) is 4. The van der Waals surface area contributed by atoms with Crippen LogP contribution in [0.2, 0.25) is 0 Å². The quantitative estimate of drug-likeness (QED) is 0.338. The first-order valence-electron chi connectivity index (χ1n) is 3.87. The number of aliphatic imine (C=N–C) groups is 1. The van der Waals surface area contributed by atoms with Gasteiger partial charge >= 0.3 is 0 Å². The molecule has 76 valence electrons. The predicted molar refractivity (Wildman–Crippen MR) is 54.5 cm³/mol. The van der Waals surface area contributed by atoms with Gasteiger partial charge < -0.3 is 5.73 Å². The molecular weight excluding hydrogens is 204 g/mol. The number of nitrogens with one attached hydrogen (secondary N) is 1. The maximum Gasteiger partial charge on any atom is 0.252 e. The zero-order valence-electron chi connectivity index (χ0n) is 7.51. The fraction of sp³-hybridized carbons (Fsp3) is 0.286. The first-order chi connectivity index (χ1) is 6.59. The monoisotopic (exact) mass is 214 g/mol. The van der Waals surface area contributed by atoms with Crippen molar-refractivity contribution in [1.82, 2.24) is 5.43 Å². The molecule has 14 heavy (non-hydrogen) atoms. The van der Waals surface area contributed by atoms with E-state index in [-0.39, 0.29) is 12.0 Å². The molecule has 0 aromatic carbocycles. The third-order valence-corrected chi connectivity index (χ3v) is 2.54. The second-order valence-electron chi connectivity index (χ2n) is 2.57. The Morgan fingerprint density at radius 2 is 2.57 bits per heavy atom. The average molecular weight is 214 g/mol. The van der Waals surface area contributed by atoms with Crippen LogP contribution in [0.4, 0.5) is 0 Å². The van der Waals surface area contributed by atoms with Gasteiger partial charge in [-0.15, -0.1) is 11.3 Å².